The average Bonchev–Trinajstić information content (AvgIpc) is 2.72. The number of aromatic nitrogens is 3. The summed E-state index contributed by atoms with van der Waals surface area (Å²) in [4.78, 5) is 11.9. The number of ether oxygens (including phenoxy) is 1. The number of hydrogen-bond donors (Lipinski definition) is 2. The average molecular weight is 235 g/mol. The Labute approximate surface area is 99.9 Å². The number of aliphatic hydroxyl groups excluding tert-OH is 1. The summed E-state index contributed by atoms with van der Waals surface area (Å²) in [5.41, 5.74) is 1.61. The summed E-state index contributed by atoms with van der Waals surface area (Å²) >= 11 is 0. The van der Waals surface area contributed by atoms with E-state index in [4.69, 9.17) is 9.84 Å². The van der Waals surface area contributed by atoms with Gasteiger partial charge in [-0.1, -0.05) is 0 Å². The molecule has 0 unspecified atom stereocenters. The van der Waals surface area contributed by atoms with E-state index in [9.17, 15) is 0 Å². The van der Waals surface area contributed by atoms with Crippen LogP contribution in [0.4, 0.5) is 0 Å². The van der Waals surface area contributed by atoms with E-state index >= 15 is 0 Å². The van der Waals surface area contributed by atoms with Crippen LogP contribution in [0.2, 0.25) is 0 Å². The Morgan fingerprint density at radius 1 is 1.29 bits per heavy atom. The summed E-state index contributed by atoms with van der Waals surface area (Å²) in [6, 6.07) is 3.76. The second-order valence-electron chi connectivity index (χ2n) is 3.82. The number of H-pyrrole nitrogens is 1. The van der Waals surface area contributed by atoms with Gasteiger partial charge in [-0.05, 0) is 25.8 Å². The van der Waals surface area contributed by atoms with Gasteiger partial charge in [0.25, 0.3) is 0 Å². The van der Waals surface area contributed by atoms with E-state index in [1.807, 2.05) is 19.1 Å². The van der Waals surface area contributed by atoms with Crippen molar-refractivity contribution in [2.24, 2.45) is 0 Å². The minimum absolute atomic E-state index is 0.229. The third-order valence-corrected chi connectivity index (χ3v) is 2.48. The van der Waals surface area contributed by atoms with Crippen LogP contribution < -0.4 is 4.74 Å². The van der Waals surface area contributed by atoms with Crippen molar-refractivity contribution in [2.45, 2.75) is 26.2 Å². The summed E-state index contributed by atoms with van der Waals surface area (Å²) < 4.78 is 5.32. The van der Waals surface area contributed by atoms with E-state index in [1.54, 1.807) is 0 Å². The molecule has 0 radical (unpaired) electrons. The number of fused-ring (bicyclic) bond motifs is 1. The smallest absolute Gasteiger partial charge is 0.215 e. The zero-order valence-corrected chi connectivity index (χ0v) is 9.94. The molecule has 0 atom stereocenters. The van der Waals surface area contributed by atoms with Gasteiger partial charge in [-0.3, -0.25) is 0 Å². The number of aliphatic hydroxyl groups is 1. The van der Waals surface area contributed by atoms with Crippen LogP contribution in [0.1, 0.15) is 25.6 Å². The molecule has 2 aromatic rings. The number of unbranched alkanes of at least 4 members (excludes halogenated alkanes) is 1. The van der Waals surface area contributed by atoms with Crippen molar-refractivity contribution in [3.05, 3.63) is 18.0 Å². The van der Waals surface area contributed by atoms with E-state index in [2.05, 4.69) is 15.0 Å². The highest BCUT2D eigenvalue weighted by Crippen LogP contribution is 2.15. The largest absolute Gasteiger partial charge is 0.478 e. The molecular weight excluding hydrogens is 218 g/mol. The fourth-order valence-electron chi connectivity index (χ4n) is 1.68. The normalized spacial score (nSPS) is 10.9. The first-order valence-corrected chi connectivity index (χ1v) is 5.92. The number of pyridine rings is 1. The van der Waals surface area contributed by atoms with Crippen LogP contribution in [0.25, 0.3) is 11.2 Å². The molecule has 2 aromatic heterocycles. The zero-order valence-electron chi connectivity index (χ0n) is 9.94. The van der Waals surface area contributed by atoms with Crippen molar-refractivity contribution in [3.63, 3.8) is 0 Å². The van der Waals surface area contributed by atoms with Crippen molar-refractivity contribution in [2.75, 3.05) is 13.2 Å². The number of imidazole rings is 1. The highest BCUT2D eigenvalue weighted by atomic mass is 16.5. The fourth-order valence-corrected chi connectivity index (χ4v) is 1.68. The van der Waals surface area contributed by atoms with Gasteiger partial charge in [0.2, 0.25) is 5.88 Å². The minimum Gasteiger partial charge on any atom is -0.478 e. The molecule has 0 saturated carbocycles. The van der Waals surface area contributed by atoms with E-state index < -0.39 is 0 Å². The second-order valence-corrected chi connectivity index (χ2v) is 3.82. The zero-order chi connectivity index (χ0) is 12.1. The standard InChI is InChI=1S/C12H17N3O2/c1-2-17-11-7-6-9-12(15-11)14-10(13-9)5-3-4-8-16/h6-7,16H,2-5,8H2,1H3,(H,13,14,15). The van der Waals surface area contributed by atoms with Gasteiger partial charge in [0.1, 0.15) is 5.82 Å². The monoisotopic (exact) mass is 235 g/mol. The van der Waals surface area contributed by atoms with Crippen LogP contribution in [0.3, 0.4) is 0 Å². The number of rotatable bonds is 6. The van der Waals surface area contributed by atoms with Gasteiger partial charge < -0.3 is 14.8 Å². The summed E-state index contributed by atoms with van der Waals surface area (Å²) in [7, 11) is 0. The van der Waals surface area contributed by atoms with Gasteiger partial charge in [0.15, 0.2) is 5.65 Å². The molecule has 5 nitrogen and oxygen atoms in total. The topological polar surface area (TPSA) is 71.0 Å². The first kappa shape index (κ1) is 11.9. The number of hydrogen-bond acceptors (Lipinski definition) is 4. The van der Waals surface area contributed by atoms with E-state index in [-0.39, 0.29) is 6.61 Å². The molecule has 5 heteroatoms. The third-order valence-electron chi connectivity index (χ3n) is 2.48. The summed E-state index contributed by atoms with van der Waals surface area (Å²) in [5, 5.41) is 8.72. The lowest BCUT2D eigenvalue weighted by atomic mass is 10.2. The van der Waals surface area contributed by atoms with Gasteiger partial charge in [0, 0.05) is 19.1 Å². The number of aromatic amines is 1. The van der Waals surface area contributed by atoms with Gasteiger partial charge in [-0.2, -0.15) is 4.98 Å². The highest BCUT2D eigenvalue weighted by Gasteiger charge is 2.05. The quantitative estimate of drug-likeness (QED) is 0.747. The summed E-state index contributed by atoms with van der Waals surface area (Å²) in [6.07, 6.45) is 2.56. The molecule has 0 saturated heterocycles. The molecule has 0 fully saturated rings. The van der Waals surface area contributed by atoms with Crippen LogP contribution >= 0.6 is 0 Å². The molecule has 0 aliphatic carbocycles. The lowest BCUT2D eigenvalue weighted by Crippen LogP contribution is -1.93. The molecule has 0 aliphatic rings. The highest BCUT2D eigenvalue weighted by molar-refractivity contribution is 5.71. The molecule has 0 spiro atoms. The van der Waals surface area contributed by atoms with Crippen LogP contribution in [-0.2, 0) is 6.42 Å². The van der Waals surface area contributed by atoms with Crippen LogP contribution in [0, 0.1) is 0 Å². The molecule has 0 aliphatic heterocycles. The molecule has 2 N–H and O–H groups in total. The second kappa shape index (κ2) is 5.63. The lowest BCUT2D eigenvalue weighted by Gasteiger charge is -1.99. The van der Waals surface area contributed by atoms with Gasteiger partial charge in [-0.25, -0.2) is 4.98 Å². The fraction of sp³-hybridized carbons (Fsp3) is 0.500. The minimum atomic E-state index is 0.229. The van der Waals surface area contributed by atoms with Crippen molar-refractivity contribution in [1.82, 2.24) is 15.0 Å². The summed E-state index contributed by atoms with van der Waals surface area (Å²) in [6.45, 7) is 2.76. The lowest BCUT2D eigenvalue weighted by molar-refractivity contribution is 0.284. The molecule has 0 amide bonds. The third kappa shape index (κ3) is 2.94. The predicted octanol–water partition coefficient (Wildman–Crippen LogP) is 1.67. The Morgan fingerprint density at radius 2 is 2.18 bits per heavy atom. The Hall–Kier alpha value is -1.62. The molecule has 0 bridgehead atoms. The Bertz CT molecular complexity index is 482. The van der Waals surface area contributed by atoms with Gasteiger partial charge in [0.05, 0.1) is 12.1 Å². The predicted molar refractivity (Wildman–Crippen MR) is 65.1 cm³/mol. The van der Waals surface area contributed by atoms with E-state index in [0.717, 1.165) is 30.6 Å². The van der Waals surface area contributed by atoms with Gasteiger partial charge in [-0.15, -0.1) is 0 Å². The number of aryl methyl sites for hydroxylation is 1. The maximum absolute atomic E-state index is 8.72. The molecule has 2 heterocycles. The summed E-state index contributed by atoms with van der Waals surface area (Å²) in [5.74, 6) is 1.52. The SMILES string of the molecule is CCOc1ccc2[nH]c(CCCCO)nc2n1. The van der Waals surface area contributed by atoms with E-state index in [1.165, 1.54) is 0 Å². The number of nitrogens with zero attached hydrogens (tertiary/aromatic N) is 2. The molecule has 17 heavy (non-hydrogen) atoms. The van der Waals surface area contributed by atoms with Gasteiger partial charge >= 0.3 is 0 Å². The van der Waals surface area contributed by atoms with Crippen LogP contribution in [0.15, 0.2) is 12.1 Å². The maximum atomic E-state index is 8.72. The van der Waals surface area contributed by atoms with Crippen molar-refractivity contribution < 1.29 is 9.84 Å². The first-order chi connectivity index (χ1) is 8.33. The van der Waals surface area contributed by atoms with Crippen molar-refractivity contribution in [1.29, 1.82) is 0 Å². The maximum Gasteiger partial charge on any atom is 0.215 e. The Kier molecular flexibility index (Phi) is 3.93. The molecule has 2 rings (SSSR count). The van der Waals surface area contributed by atoms with Crippen molar-refractivity contribution >= 4 is 11.2 Å². The first-order valence-electron chi connectivity index (χ1n) is 5.92. The Balaban J connectivity index is 2.12. The number of nitrogens with one attached hydrogen (secondary N) is 1. The van der Waals surface area contributed by atoms with Crippen LogP contribution in [0.5, 0.6) is 5.88 Å². The Morgan fingerprint density at radius 3 is 2.94 bits per heavy atom. The van der Waals surface area contributed by atoms with Crippen molar-refractivity contribution in [3.8, 4) is 5.88 Å². The van der Waals surface area contributed by atoms with Crippen LogP contribution in [-0.4, -0.2) is 33.3 Å². The molecular formula is C12H17N3O2. The molecule has 92 valence electrons. The molecule has 0 aromatic carbocycles. The van der Waals surface area contributed by atoms with E-state index in [0.29, 0.717) is 18.1 Å².